The second kappa shape index (κ2) is 8.11. The molecule has 0 amide bonds. The fraction of sp³-hybridized carbons (Fsp3) is 0.136. The van der Waals surface area contributed by atoms with Gasteiger partial charge in [-0.15, -0.1) is 0 Å². The standard InChI is InChI=1S/C22H18N4O2/c1-26-21(16-6-10-18(28-3)11-7-16)19(12-23)20(13-24)22(26)25-14-15-4-8-17(27-2)9-5-15/h4-11,14H,1-3H3. The van der Waals surface area contributed by atoms with Crippen molar-refractivity contribution in [1.82, 2.24) is 4.57 Å². The molecule has 0 radical (unpaired) electrons. The highest BCUT2D eigenvalue weighted by Crippen LogP contribution is 2.35. The number of ether oxygens (including phenoxy) is 2. The van der Waals surface area contributed by atoms with Crippen molar-refractivity contribution in [2.75, 3.05) is 14.2 Å². The van der Waals surface area contributed by atoms with Crippen LogP contribution in [0.3, 0.4) is 0 Å². The number of hydrogen-bond donors (Lipinski definition) is 0. The van der Waals surface area contributed by atoms with Gasteiger partial charge in [0.1, 0.15) is 29.2 Å². The van der Waals surface area contributed by atoms with E-state index in [1.807, 2.05) is 48.5 Å². The molecule has 0 atom stereocenters. The summed E-state index contributed by atoms with van der Waals surface area (Å²) >= 11 is 0. The smallest absolute Gasteiger partial charge is 0.152 e. The number of nitrogens with zero attached hydrogens (tertiary/aromatic N) is 4. The minimum Gasteiger partial charge on any atom is -0.497 e. The molecule has 0 fully saturated rings. The third kappa shape index (κ3) is 3.44. The number of nitriles is 2. The average Bonchev–Trinajstić information content (AvgIpc) is 3.03. The number of aliphatic imine (C=N–C) groups is 1. The van der Waals surface area contributed by atoms with Crippen LogP contribution in [0, 0.1) is 22.7 Å². The van der Waals surface area contributed by atoms with Gasteiger partial charge in [-0.2, -0.15) is 10.5 Å². The van der Waals surface area contributed by atoms with Gasteiger partial charge in [-0.25, -0.2) is 4.99 Å². The molecule has 0 saturated heterocycles. The van der Waals surface area contributed by atoms with Gasteiger partial charge in [0.15, 0.2) is 5.82 Å². The van der Waals surface area contributed by atoms with Crippen LogP contribution >= 0.6 is 0 Å². The zero-order chi connectivity index (χ0) is 20.1. The molecule has 0 aliphatic rings. The first-order chi connectivity index (χ1) is 13.6. The Hall–Kier alpha value is -4.03. The van der Waals surface area contributed by atoms with E-state index in [9.17, 15) is 10.5 Å². The van der Waals surface area contributed by atoms with Gasteiger partial charge in [-0.3, -0.25) is 0 Å². The SMILES string of the molecule is COc1ccc(C=Nc2c(C#N)c(C#N)c(-c3ccc(OC)cc3)n2C)cc1. The maximum atomic E-state index is 9.67. The van der Waals surface area contributed by atoms with Gasteiger partial charge < -0.3 is 14.0 Å². The summed E-state index contributed by atoms with van der Waals surface area (Å²) in [4.78, 5) is 4.49. The second-order valence-electron chi connectivity index (χ2n) is 5.96. The molecular weight excluding hydrogens is 352 g/mol. The van der Waals surface area contributed by atoms with E-state index in [4.69, 9.17) is 9.47 Å². The lowest BCUT2D eigenvalue weighted by atomic mass is 10.1. The summed E-state index contributed by atoms with van der Waals surface area (Å²) in [5.74, 6) is 1.90. The molecule has 6 heteroatoms. The van der Waals surface area contributed by atoms with Crippen molar-refractivity contribution in [3.8, 4) is 34.9 Å². The maximum Gasteiger partial charge on any atom is 0.152 e. The van der Waals surface area contributed by atoms with Crippen LogP contribution in [-0.2, 0) is 7.05 Å². The van der Waals surface area contributed by atoms with E-state index in [0.717, 1.165) is 22.6 Å². The van der Waals surface area contributed by atoms with Crippen LogP contribution < -0.4 is 9.47 Å². The minimum absolute atomic E-state index is 0.251. The van der Waals surface area contributed by atoms with Crippen LogP contribution in [0.15, 0.2) is 53.5 Å². The molecule has 0 spiro atoms. The van der Waals surface area contributed by atoms with Crippen molar-refractivity contribution >= 4 is 12.0 Å². The molecule has 2 aromatic carbocycles. The molecule has 138 valence electrons. The number of aromatic nitrogens is 1. The first kappa shape index (κ1) is 18.8. The summed E-state index contributed by atoms with van der Waals surface area (Å²) < 4.78 is 12.1. The molecular formula is C22H18N4O2. The number of rotatable bonds is 5. The van der Waals surface area contributed by atoms with Crippen molar-refractivity contribution in [3.63, 3.8) is 0 Å². The Morgan fingerprint density at radius 3 is 1.89 bits per heavy atom. The first-order valence-corrected chi connectivity index (χ1v) is 8.48. The van der Waals surface area contributed by atoms with E-state index in [2.05, 4.69) is 17.1 Å². The van der Waals surface area contributed by atoms with Crippen molar-refractivity contribution in [2.24, 2.45) is 12.0 Å². The summed E-state index contributed by atoms with van der Waals surface area (Å²) in [7, 11) is 5.00. The van der Waals surface area contributed by atoms with Crippen LogP contribution in [0.2, 0.25) is 0 Å². The minimum atomic E-state index is 0.251. The number of methoxy groups -OCH3 is 2. The van der Waals surface area contributed by atoms with Crippen molar-refractivity contribution in [2.45, 2.75) is 0 Å². The van der Waals surface area contributed by atoms with Crippen molar-refractivity contribution in [1.29, 1.82) is 10.5 Å². The lowest BCUT2D eigenvalue weighted by Gasteiger charge is -2.07. The Kier molecular flexibility index (Phi) is 5.43. The molecule has 0 aliphatic carbocycles. The van der Waals surface area contributed by atoms with Gasteiger partial charge in [0.2, 0.25) is 0 Å². The van der Waals surface area contributed by atoms with Gasteiger partial charge in [-0.05, 0) is 59.7 Å². The molecule has 1 aromatic heterocycles. The Morgan fingerprint density at radius 2 is 1.39 bits per heavy atom. The molecule has 3 rings (SSSR count). The third-order valence-electron chi connectivity index (χ3n) is 4.40. The fourth-order valence-electron chi connectivity index (χ4n) is 2.95. The molecule has 0 unspecified atom stereocenters. The predicted octanol–water partition coefficient (Wildman–Crippen LogP) is 4.20. The number of hydrogen-bond acceptors (Lipinski definition) is 5. The highest BCUT2D eigenvalue weighted by molar-refractivity contribution is 5.85. The highest BCUT2D eigenvalue weighted by Gasteiger charge is 2.21. The molecule has 6 nitrogen and oxygen atoms in total. The topological polar surface area (TPSA) is 83.3 Å². The largest absolute Gasteiger partial charge is 0.497 e. The Labute approximate surface area is 163 Å². The summed E-state index contributed by atoms with van der Waals surface area (Å²) in [6.07, 6.45) is 1.66. The predicted molar refractivity (Wildman–Crippen MR) is 107 cm³/mol. The van der Waals surface area contributed by atoms with E-state index in [1.54, 1.807) is 32.0 Å². The monoisotopic (exact) mass is 370 g/mol. The molecule has 0 saturated carbocycles. The van der Waals surface area contributed by atoms with Gasteiger partial charge in [0, 0.05) is 13.3 Å². The fourth-order valence-corrected chi connectivity index (χ4v) is 2.95. The summed E-state index contributed by atoms with van der Waals surface area (Å²) in [5.41, 5.74) is 2.86. The summed E-state index contributed by atoms with van der Waals surface area (Å²) in [6.45, 7) is 0. The van der Waals surface area contributed by atoms with E-state index in [0.29, 0.717) is 17.1 Å². The normalized spacial score (nSPS) is 10.5. The van der Waals surface area contributed by atoms with Gasteiger partial charge in [0.05, 0.1) is 25.5 Å². The Balaban J connectivity index is 2.08. The van der Waals surface area contributed by atoms with E-state index in [1.165, 1.54) is 0 Å². The lowest BCUT2D eigenvalue weighted by Crippen LogP contribution is -1.93. The average molecular weight is 370 g/mol. The van der Waals surface area contributed by atoms with E-state index in [-0.39, 0.29) is 5.56 Å². The Morgan fingerprint density at radius 1 is 0.857 bits per heavy atom. The first-order valence-electron chi connectivity index (χ1n) is 8.48. The molecule has 3 aromatic rings. The molecule has 0 aliphatic heterocycles. The molecule has 1 heterocycles. The number of benzene rings is 2. The van der Waals surface area contributed by atoms with Crippen LogP contribution in [-0.4, -0.2) is 25.0 Å². The van der Waals surface area contributed by atoms with Gasteiger partial charge in [-0.1, -0.05) is 0 Å². The zero-order valence-corrected chi connectivity index (χ0v) is 15.8. The molecule has 28 heavy (non-hydrogen) atoms. The quantitative estimate of drug-likeness (QED) is 0.630. The van der Waals surface area contributed by atoms with Crippen molar-refractivity contribution in [3.05, 3.63) is 65.2 Å². The van der Waals surface area contributed by atoms with Gasteiger partial charge >= 0.3 is 0 Å². The lowest BCUT2D eigenvalue weighted by molar-refractivity contribution is 0.414. The summed E-state index contributed by atoms with van der Waals surface area (Å²) in [6, 6.07) is 19.0. The van der Waals surface area contributed by atoms with E-state index < -0.39 is 0 Å². The zero-order valence-electron chi connectivity index (χ0n) is 15.8. The van der Waals surface area contributed by atoms with Crippen LogP contribution in [0.5, 0.6) is 11.5 Å². The van der Waals surface area contributed by atoms with E-state index >= 15 is 0 Å². The Bertz CT molecular complexity index is 1100. The maximum absolute atomic E-state index is 9.67. The second-order valence-corrected chi connectivity index (χ2v) is 5.96. The molecule has 0 N–H and O–H groups in total. The van der Waals surface area contributed by atoms with Crippen LogP contribution in [0.25, 0.3) is 11.3 Å². The molecule has 0 bridgehead atoms. The third-order valence-corrected chi connectivity index (χ3v) is 4.40. The van der Waals surface area contributed by atoms with Crippen LogP contribution in [0.1, 0.15) is 16.7 Å². The highest BCUT2D eigenvalue weighted by atomic mass is 16.5. The van der Waals surface area contributed by atoms with Crippen molar-refractivity contribution < 1.29 is 9.47 Å². The van der Waals surface area contributed by atoms with Crippen LogP contribution in [0.4, 0.5) is 5.82 Å². The summed E-state index contributed by atoms with van der Waals surface area (Å²) in [5, 5.41) is 19.3. The van der Waals surface area contributed by atoms with Gasteiger partial charge in [0.25, 0.3) is 0 Å².